The molecule has 1 saturated heterocycles. The van der Waals surface area contributed by atoms with Crippen molar-refractivity contribution in [3.63, 3.8) is 0 Å². The van der Waals surface area contributed by atoms with Gasteiger partial charge in [0.2, 0.25) is 0 Å². The first kappa shape index (κ1) is 20.8. The summed E-state index contributed by atoms with van der Waals surface area (Å²) in [5.41, 5.74) is 4.33. The summed E-state index contributed by atoms with van der Waals surface area (Å²) in [5.74, 6) is 0.702. The maximum absolute atomic E-state index is 12.9. The normalized spacial score (nSPS) is 16.4. The van der Waals surface area contributed by atoms with E-state index in [2.05, 4.69) is 42.0 Å². The number of aromatic nitrogens is 1. The zero-order valence-electron chi connectivity index (χ0n) is 17.9. The highest BCUT2D eigenvalue weighted by molar-refractivity contribution is 7.16. The summed E-state index contributed by atoms with van der Waals surface area (Å²) in [7, 11) is 0. The van der Waals surface area contributed by atoms with Gasteiger partial charge < -0.3 is 5.32 Å². The number of carbonyl (C=O) groups is 1. The van der Waals surface area contributed by atoms with Crippen LogP contribution in [0.1, 0.15) is 57.7 Å². The van der Waals surface area contributed by atoms with Crippen LogP contribution in [0.15, 0.2) is 54.9 Å². The van der Waals surface area contributed by atoms with E-state index < -0.39 is 0 Å². The first-order valence-electron chi connectivity index (χ1n) is 10.6. The molecule has 0 spiro atoms. The fraction of sp³-hybridized carbons (Fsp3) is 0.360. The van der Waals surface area contributed by atoms with Gasteiger partial charge in [-0.1, -0.05) is 31.2 Å². The number of carbonyl (C=O) groups excluding carboxylic acids is 1. The highest BCUT2D eigenvalue weighted by Gasteiger charge is 2.31. The first-order chi connectivity index (χ1) is 14.5. The van der Waals surface area contributed by atoms with E-state index in [9.17, 15) is 4.79 Å². The van der Waals surface area contributed by atoms with Crippen molar-refractivity contribution >= 4 is 22.2 Å². The minimum atomic E-state index is -0.0599. The van der Waals surface area contributed by atoms with Gasteiger partial charge >= 0.3 is 0 Å². The second-order valence-corrected chi connectivity index (χ2v) is 9.48. The molecule has 0 unspecified atom stereocenters. The minimum Gasteiger partial charge on any atom is -0.313 e. The van der Waals surface area contributed by atoms with Gasteiger partial charge in [0, 0.05) is 28.4 Å². The van der Waals surface area contributed by atoms with Crippen LogP contribution in [-0.4, -0.2) is 28.9 Å². The van der Waals surface area contributed by atoms with Gasteiger partial charge in [-0.05, 0) is 75.0 Å². The summed E-state index contributed by atoms with van der Waals surface area (Å²) in [6.07, 6.45) is 6.19. The molecule has 0 bridgehead atoms. The smallest absolute Gasteiger partial charge is 0.256 e. The Hall–Kier alpha value is -2.50. The van der Waals surface area contributed by atoms with E-state index in [4.69, 9.17) is 0 Å². The van der Waals surface area contributed by atoms with Gasteiger partial charge in [0.15, 0.2) is 0 Å². The average Bonchev–Trinajstić information content (AvgIpc) is 3.04. The lowest BCUT2D eigenvalue weighted by Gasteiger charge is -2.37. The molecular formula is C25H29N3OS. The monoisotopic (exact) mass is 419 g/mol. The number of piperidine rings is 1. The van der Waals surface area contributed by atoms with Crippen LogP contribution in [0.4, 0.5) is 5.00 Å². The van der Waals surface area contributed by atoms with E-state index in [1.165, 1.54) is 34.4 Å². The summed E-state index contributed by atoms with van der Waals surface area (Å²) < 4.78 is 0. The average molecular weight is 420 g/mol. The number of aryl methyl sites for hydroxylation is 1. The van der Waals surface area contributed by atoms with E-state index in [0.717, 1.165) is 24.0 Å². The summed E-state index contributed by atoms with van der Waals surface area (Å²) in [6.45, 7) is 8.76. The lowest BCUT2D eigenvalue weighted by atomic mass is 9.91. The quantitative estimate of drug-likeness (QED) is 0.566. The lowest BCUT2D eigenvalue weighted by Crippen LogP contribution is -2.37. The molecule has 0 aliphatic carbocycles. The molecule has 1 aliphatic rings. The molecule has 1 aliphatic heterocycles. The fourth-order valence-corrected chi connectivity index (χ4v) is 5.30. The van der Waals surface area contributed by atoms with Gasteiger partial charge in [0.05, 0.1) is 6.04 Å². The Labute approximate surface area is 183 Å². The van der Waals surface area contributed by atoms with Crippen LogP contribution in [0.2, 0.25) is 0 Å². The summed E-state index contributed by atoms with van der Waals surface area (Å²) in [4.78, 5) is 21.1. The molecule has 1 atom stereocenters. The lowest BCUT2D eigenvalue weighted by molar-refractivity contribution is 0.102. The van der Waals surface area contributed by atoms with E-state index in [1.54, 1.807) is 11.3 Å². The van der Waals surface area contributed by atoms with Crippen LogP contribution in [0, 0.1) is 19.8 Å². The molecule has 1 amide bonds. The molecular weight excluding hydrogens is 390 g/mol. The highest BCUT2D eigenvalue weighted by Crippen LogP contribution is 2.43. The highest BCUT2D eigenvalue weighted by atomic mass is 32.1. The topological polar surface area (TPSA) is 45.2 Å². The standard InChI is InChI=1S/C25H29N3OS/c1-17-11-14-28(15-12-17)23(21-10-7-13-26-16-21)22-18(2)19(3)30-25(22)27-24(29)20-8-5-4-6-9-20/h4-10,13,16-17,23H,11-12,14-15H2,1-3H3,(H,27,29)/t23-/m0/s1. The largest absolute Gasteiger partial charge is 0.313 e. The molecule has 5 heteroatoms. The van der Waals surface area contributed by atoms with Crippen LogP contribution >= 0.6 is 11.3 Å². The van der Waals surface area contributed by atoms with Crippen LogP contribution in [-0.2, 0) is 0 Å². The number of nitrogens with one attached hydrogen (secondary N) is 1. The van der Waals surface area contributed by atoms with Crippen molar-refractivity contribution in [2.75, 3.05) is 18.4 Å². The summed E-state index contributed by atoms with van der Waals surface area (Å²) >= 11 is 1.67. The van der Waals surface area contributed by atoms with Gasteiger partial charge in [0.1, 0.15) is 5.00 Å². The zero-order valence-corrected chi connectivity index (χ0v) is 18.7. The molecule has 1 aromatic carbocycles. The number of benzene rings is 1. The van der Waals surface area contributed by atoms with Gasteiger partial charge in [-0.3, -0.25) is 14.7 Å². The Kier molecular flexibility index (Phi) is 6.30. The van der Waals surface area contributed by atoms with Crippen LogP contribution in [0.25, 0.3) is 0 Å². The number of hydrogen-bond acceptors (Lipinski definition) is 4. The minimum absolute atomic E-state index is 0.0599. The maximum atomic E-state index is 12.9. The Morgan fingerprint density at radius 3 is 2.53 bits per heavy atom. The first-order valence-corrected chi connectivity index (χ1v) is 11.5. The van der Waals surface area contributed by atoms with E-state index in [1.807, 2.05) is 48.8 Å². The molecule has 3 aromatic rings. The third-order valence-electron chi connectivity index (χ3n) is 6.15. The van der Waals surface area contributed by atoms with Crippen molar-refractivity contribution in [1.82, 2.24) is 9.88 Å². The van der Waals surface area contributed by atoms with E-state index in [-0.39, 0.29) is 11.9 Å². The fourth-order valence-electron chi connectivity index (χ4n) is 4.22. The summed E-state index contributed by atoms with van der Waals surface area (Å²) in [6, 6.07) is 13.7. The molecule has 3 heterocycles. The maximum Gasteiger partial charge on any atom is 0.256 e. The van der Waals surface area contributed by atoms with Crippen molar-refractivity contribution in [2.24, 2.45) is 5.92 Å². The van der Waals surface area contributed by atoms with Gasteiger partial charge in [-0.25, -0.2) is 0 Å². The summed E-state index contributed by atoms with van der Waals surface area (Å²) in [5, 5.41) is 4.17. The molecule has 2 aromatic heterocycles. The predicted octanol–water partition coefficient (Wildman–Crippen LogP) is 5.83. The number of amides is 1. The SMILES string of the molecule is Cc1sc(NC(=O)c2ccccc2)c([C@H](c2cccnc2)N2CCC(C)CC2)c1C. The molecule has 156 valence electrons. The van der Waals surface area contributed by atoms with Crippen LogP contribution in [0.3, 0.4) is 0 Å². The Morgan fingerprint density at radius 1 is 1.13 bits per heavy atom. The number of hydrogen-bond donors (Lipinski definition) is 1. The number of thiophene rings is 1. The number of anilines is 1. The molecule has 4 nitrogen and oxygen atoms in total. The van der Waals surface area contributed by atoms with Crippen molar-refractivity contribution in [3.8, 4) is 0 Å². The number of pyridine rings is 1. The van der Waals surface area contributed by atoms with Crippen molar-refractivity contribution in [2.45, 2.75) is 39.7 Å². The second-order valence-electron chi connectivity index (χ2n) is 8.25. The Morgan fingerprint density at radius 2 is 1.87 bits per heavy atom. The second kappa shape index (κ2) is 9.11. The van der Waals surface area contributed by atoms with E-state index in [0.29, 0.717) is 5.56 Å². The molecule has 0 radical (unpaired) electrons. The van der Waals surface area contributed by atoms with Gasteiger partial charge in [0.25, 0.3) is 5.91 Å². The number of rotatable bonds is 5. The van der Waals surface area contributed by atoms with Crippen molar-refractivity contribution in [3.05, 3.63) is 82.0 Å². The number of likely N-dealkylation sites (tertiary alicyclic amines) is 1. The van der Waals surface area contributed by atoms with E-state index >= 15 is 0 Å². The van der Waals surface area contributed by atoms with Gasteiger partial charge in [-0.2, -0.15) is 0 Å². The van der Waals surface area contributed by atoms with Crippen molar-refractivity contribution in [1.29, 1.82) is 0 Å². The molecule has 1 fully saturated rings. The molecule has 4 rings (SSSR count). The zero-order chi connectivity index (χ0) is 21.1. The third kappa shape index (κ3) is 4.32. The molecule has 30 heavy (non-hydrogen) atoms. The van der Waals surface area contributed by atoms with Crippen molar-refractivity contribution < 1.29 is 4.79 Å². The van der Waals surface area contributed by atoms with Crippen LogP contribution in [0.5, 0.6) is 0 Å². The molecule has 1 N–H and O–H groups in total. The Balaban J connectivity index is 1.74. The third-order valence-corrected chi connectivity index (χ3v) is 7.29. The predicted molar refractivity (Wildman–Crippen MR) is 124 cm³/mol. The van der Waals surface area contributed by atoms with Crippen LogP contribution < -0.4 is 5.32 Å². The van der Waals surface area contributed by atoms with Gasteiger partial charge in [-0.15, -0.1) is 11.3 Å². The molecule has 0 saturated carbocycles. The number of nitrogens with zero attached hydrogens (tertiary/aromatic N) is 2. The Bertz CT molecular complexity index is 992.